The Kier molecular flexibility index (Phi) is 3.93. The highest BCUT2D eigenvalue weighted by atomic mass is 32.1. The molecule has 0 atom stereocenters. The third-order valence-corrected chi connectivity index (χ3v) is 5.02. The van der Waals surface area contributed by atoms with E-state index in [0.29, 0.717) is 21.7 Å². The zero-order valence-electron chi connectivity index (χ0n) is 11.1. The summed E-state index contributed by atoms with van der Waals surface area (Å²) in [5.41, 5.74) is 6.47. The van der Waals surface area contributed by atoms with E-state index < -0.39 is 0 Å². The average molecular weight is 325 g/mol. The topological polar surface area (TPSA) is 113 Å². The Morgan fingerprint density at radius 3 is 2.95 bits per heavy atom. The minimum atomic E-state index is -0.279. The number of carbonyl (C=O) groups excluding carboxylic acids is 1. The van der Waals surface area contributed by atoms with Gasteiger partial charge in [0, 0.05) is 17.1 Å². The largest absolute Gasteiger partial charge is 0.382 e. The molecule has 21 heavy (non-hydrogen) atoms. The van der Waals surface area contributed by atoms with Crippen LogP contribution >= 0.6 is 22.7 Å². The summed E-state index contributed by atoms with van der Waals surface area (Å²) in [4.78, 5) is 30.2. The van der Waals surface area contributed by atoms with Crippen molar-refractivity contribution in [1.82, 2.24) is 15.3 Å². The lowest BCUT2D eigenvalue weighted by Crippen LogP contribution is -2.26. The summed E-state index contributed by atoms with van der Waals surface area (Å²) in [5.74, 6) is -0.0446. The molecule has 0 saturated heterocycles. The summed E-state index contributed by atoms with van der Waals surface area (Å²) in [5, 5.41) is 8.37. The quantitative estimate of drug-likeness (QED) is 0.663. The molecule has 2 heterocycles. The lowest BCUT2D eigenvalue weighted by molar-refractivity contribution is 0.0955. The summed E-state index contributed by atoms with van der Waals surface area (Å²) in [6.07, 6.45) is 3.49. The van der Waals surface area contributed by atoms with Gasteiger partial charge in [-0.2, -0.15) is 0 Å². The number of amides is 1. The van der Waals surface area contributed by atoms with Gasteiger partial charge in [-0.05, 0) is 19.3 Å². The molecule has 112 valence electrons. The van der Waals surface area contributed by atoms with Crippen LogP contribution < -0.4 is 21.2 Å². The molecule has 0 spiro atoms. The summed E-state index contributed by atoms with van der Waals surface area (Å²) in [7, 11) is 0. The van der Waals surface area contributed by atoms with Gasteiger partial charge < -0.3 is 21.4 Å². The molecule has 1 aliphatic carbocycles. The molecule has 2 aromatic heterocycles. The molecule has 1 fully saturated rings. The van der Waals surface area contributed by atoms with Crippen molar-refractivity contribution in [3.05, 3.63) is 25.6 Å². The Balaban J connectivity index is 1.62. The van der Waals surface area contributed by atoms with Crippen LogP contribution in [0.15, 0.2) is 10.2 Å². The van der Waals surface area contributed by atoms with Crippen LogP contribution in [0.2, 0.25) is 0 Å². The van der Waals surface area contributed by atoms with Crippen molar-refractivity contribution in [2.75, 3.05) is 11.1 Å². The molecule has 1 aliphatic rings. The van der Waals surface area contributed by atoms with E-state index in [1.54, 1.807) is 5.38 Å². The lowest BCUT2D eigenvalue weighted by Gasteiger charge is -2.25. The van der Waals surface area contributed by atoms with E-state index in [1.165, 1.54) is 17.8 Å². The second-order valence-electron chi connectivity index (χ2n) is 4.86. The van der Waals surface area contributed by atoms with Crippen molar-refractivity contribution >= 4 is 39.5 Å². The Labute approximate surface area is 128 Å². The molecular formula is C12H15N5O2S2. The van der Waals surface area contributed by atoms with Crippen LogP contribution in [-0.2, 0) is 6.54 Å². The number of anilines is 2. The molecule has 0 aliphatic heterocycles. The maximum Gasteiger partial charge on any atom is 0.304 e. The molecule has 0 aromatic carbocycles. The van der Waals surface area contributed by atoms with Gasteiger partial charge in [0.2, 0.25) is 0 Å². The SMILES string of the molecule is Nc1nc(NC2CCC2)sc1C(=O)NCc1csc(=O)[nH]1. The molecule has 9 heteroatoms. The first kappa shape index (κ1) is 14.1. The van der Waals surface area contributed by atoms with Gasteiger partial charge >= 0.3 is 4.87 Å². The van der Waals surface area contributed by atoms with Gasteiger partial charge in [0.25, 0.3) is 5.91 Å². The van der Waals surface area contributed by atoms with Gasteiger partial charge in [-0.1, -0.05) is 22.7 Å². The van der Waals surface area contributed by atoms with E-state index in [9.17, 15) is 9.59 Å². The van der Waals surface area contributed by atoms with E-state index in [-0.39, 0.29) is 23.1 Å². The highest BCUT2D eigenvalue weighted by Crippen LogP contribution is 2.29. The molecule has 2 aromatic rings. The van der Waals surface area contributed by atoms with Crippen LogP contribution in [0.5, 0.6) is 0 Å². The minimum absolute atomic E-state index is 0.136. The molecule has 3 rings (SSSR count). The fourth-order valence-electron chi connectivity index (χ4n) is 1.94. The number of nitrogens with zero attached hydrogens (tertiary/aromatic N) is 1. The Morgan fingerprint density at radius 2 is 2.33 bits per heavy atom. The van der Waals surface area contributed by atoms with Crippen LogP contribution in [0.25, 0.3) is 0 Å². The van der Waals surface area contributed by atoms with Crippen LogP contribution in [-0.4, -0.2) is 21.9 Å². The smallest absolute Gasteiger partial charge is 0.304 e. The first-order valence-electron chi connectivity index (χ1n) is 6.59. The Morgan fingerprint density at radius 1 is 1.52 bits per heavy atom. The van der Waals surface area contributed by atoms with Crippen molar-refractivity contribution in [3.63, 3.8) is 0 Å². The summed E-state index contributed by atoms with van der Waals surface area (Å²) in [6, 6.07) is 0.447. The number of hydrogen-bond donors (Lipinski definition) is 4. The number of carbonyl (C=O) groups is 1. The van der Waals surface area contributed by atoms with Gasteiger partial charge in [0.1, 0.15) is 10.7 Å². The van der Waals surface area contributed by atoms with E-state index in [2.05, 4.69) is 20.6 Å². The monoisotopic (exact) mass is 325 g/mol. The zero-order valence-corrected chi connectivity index (χ0v) is 12.8. The lowest BCUT2D eigenvalue weighted by atomic mass is 9.93. The van der Waals surface area contributed by atoms with Crippen LogP contribution in [0.1, 0.15) is 34.6 Å². The van der Waals surface area contributed by atoms with Gasteiger partial charge in [-0.25, -0.2) is 4.98 Å². The van der Waals surface area contributed by atoms with Crippen molar-refractivity contribution in [2.45, 2.75) is 31.8 Å². The first-order chi connectivity index (χ1) is 10.1. The molecule has 5 N–H and O–H groups in total. The Hall–Kier alpha value is -1.87. The maximum atomic E-state index is 12.1. The fourth-order valence-corrected chi connectivity index (χ4v) is 3.40. The highest BCUT2D eigenvalue weighted by molar-refractivity contribution is 7.18. The third-order valence-electron chi connectivity index (χ3n) is 3.30. The second-order valence-corrected chi connectivity index (χ2v) is 6.70. The average Bonchev–Trinajstić information content (AvgIpc) is 2.97. The van der Waals surface area contributed by atoms with E-state index in [1.807, 2.05) is 0 Å². The van der Waals surface area contributed by atoms with E-state index >= 15 is 0 Å². The minimum Gasteiger partial charge on any atom is -0.382 e. The number of H-pyrrole nitrogens is 1. The van der Waals surface area contributed by atoms with Gasteiger partial charge in [0.15, 0.2) is 5.13 Å². The molecule has 0 radical (unpaired) electrons. The van der Waals surface area contributed by atoms with Crippen molar-refractivity contribution < 1.29 is 4.79 Å². The molecule has 7 nitrogen and oxygen atoms in total. The maximum absolute atomic E-state index is 12.1. The summed E-state index contributed by atoms with van der Waals surface area (Å²) >= 11 is 2.32. The standard InChI is InChI=1S/C12H15N5O2S2/c13-9-8(21-11(17-9)15-6-2-1-3-6)10(18)14-4-7-5-20-12(19)16-7/h5-6H,1-4,13H2,(H,14,18)(H,15,17)(H,16,19). The number of nitrogen functional groups attached to an aromatic ring is 1. The summed E-state index contributed by atoms with van der Waals surface area (Å²) in [6.45, 7) is 0.264. The number of aromatic nitrogens is 2. The normalized spacial score (nSPS) is 14.7. The molecule has 0 unspecified atom stereocenters. The number of nitrogens with two attached hydrogens (primary N) is 1. The number of thiazole rings is 2. The van der Waals surface area contributed by atoms with Crippen LogP contribution in [0.3, 0.4) is 0 Å². The van der Waals surface area contributed by atoms with Crippen molar-refractivity contribution in [3.8, 4) is 0 Å². The Bertz CT molecular complexity index is 701. The second kappa shape index (κ2) is 5.86. The van der Waals surface area contributed by atoms with Gasteiger partial charge in [-0.15, -0.1) is 0 Å². The molecule has 1 saturated carbocycles. The molecular weight excluding hydrogens is 310 g/mol. The molecule has 1 amide bonds. The number of rotatable bonds is 5. The van der Waals surface area contributed by atoms with E-state index in [0.717, 1.165) is 24.2 Å². The zero-order chi connectivity index (χ0) is 14.8. The molecule has 0 bridgehead atoms. The number of hydrogen-bond acceptors (Lipinski definition) is 7. The number of aromatic amines is 1. The fraction of sp³-hybridized carbons (Fsp3) is 0.417. The van der Waals surface area contributed by atoms with Gasteiger partial charge in [0.05, 0.1) is 6.54 Å². The number of nitrogens with one attached hydrogen (secondary N) is 3. The van der Waals surface area contributed by atoms with Crippen LogP contribution in [0.4, 0.5) is 10.9 Å². The van der Waals surface area contributed by atoms with Crippen LogP contribution in [0, 0.1) is 0 Å². The first-order valence-corrected chi connectivity index (χ1v) is 8.29. The van der Waals surface area contributed by atoms with Gasteiger partial charge in [-0.3, -0.25) is 9.59 Å². The van der Waals surface area contributed by atoms with Crippen molar-refractivity contribution in [2.24, 2.45) is 0 Å². The van der Waals surface area contributed by atoms with E-state index in [4.69, 9.17) is 5.73 Å². The predicted octanol–water partition coefficient (Wildman–Crippen LogP) is 1.37. The highest BCUT2D eigenvalue weighted by Gasteiger charge is 2.21. The summed E-state index contributed by atoms with van der Waals surface area (Å²) < 4.78 is 0. The van der Waals surface area contributed by atoms with Crippen molar-refractivity contribution in [1.29, 1.82) is 0 Å². The third kappa shape index (κ3) is 3.24. The predicted molar refractivity (Wildman–Crippen MR) is 83.9 cm³/mol.